The second-order valence-corrected chi connectivity index (χ2v) is 6.98. The van der Waals surface area contributed by atoms with Gasteiger partial charge in [-0.3, -0.25) is 4.90 Å². The van der Waals surface area contributed by atoms with Crippen molar-refractivity contribution in [1.82, 2.24) is 10.2 Å². The summed E-state index contributed by atoms with van der Waals surface area (Å²) in [6.45, 7) is 6.91. The smallest absolute Gasteiger partial charge is 0.396 e. The van der Waals surface area contributed by atoms with Crippen molar-refractivity contribution in [2.24, 2.45) is 5.41 Å². The molecule has 130 valence electrons. The van der Waals surface area contributed by atoms with Gasteiger partial charge in [0.15, 0.2) is 0 Å². The Balaban J connectivity index is 2.41. The highest BCUT2D eigenvalue weighted by atomic mass is 35.5. The zero-order valence-electron chi connectivity index (χ0n) is 13.3. The van der Waals surface area contributed by atoms with E-state index in [2.05, 4.69) is 10.2 Å². The Hall–Kier alpha value is -0.820. The molecule has 1 saturated heterocycles. The third kappa shape index (κ3) is 4.18. The average molecular weight is 351 g/mol. The topological polar surface area (TPSA) is 35.5 Å². The van der Waals surface area contributed by atoms with Crippen LogP contribution in [0.25, 0.3) is 0 Å². The maximum Gasteiger partial charge on any atom is 0.417 e. The first-order chi connectivity index (χ1) is 10.7. The lowest BCUT2D eigenvalue weighted by Crippen LogP contribution is -2.49. The molecule has 1 aromatic carbocycles. The van der Waals surface area contributed by atoms with Crippen molar-refractivity contribution >= 4 is 11.6 Å². The highest BCUT2D eigenvalue weighted by Crippen LogP contribution is 2.41. The molecule has 1 aliphatic rings. The molecule has 1 heterocycles. The second kappa shape index (κ2) is 6.97. The van der Waals surface area contributed by atoms with Crippen molar-refractivity contribution in [3.8, 4) is 0 Å². The van der Waals surface area contributed by atoms with Crippen LogP contribution < -0.4 is 5.32 Å². The summed E-state index contributed by atoms with van der Waals surface area (Å²) in [5.41, 5.74) is -0.631. The Bertz CT molecular complexity index is 543. The molecule has 0 amide bonds. The van der Waals surface area contributed by atoms with Crippen LogP contribution >= 0.6 is 11.6 Å². The number of alkyl halides is 3. The van der Waals surface area contributed by atoms with Gasteiger partial charge in [0, 0.05) is 44.2 Å². The number of aliphatic hydroxyl groups excluding tert-OH is 1. The lowest BCUT2D eigenvalue weighted by Gasteiger charge is -2.43. The summed E-state index contributed by atoms with van der Waals surface area (Å²) < 4.78 is 38.7. The molecule has 2 N–H and O–H groups in total. The summed E-state index contributed by atoms with van der Waals surface area (Å²) in [4.78, 5) is 2.19. The molecule has 0 bridgehead atoms. The highest BCUT2D eigenvalue weighted by Gasteiger charge is 2.38. The monoisotopic (exact) mass is 350 g/mol. The molecular weight excluding hydrogens is 329 g/mol. The minimum absolute atomic E-state index is 0.0692. The Kier molecular flexibility index (Phi) is 5.61. The van der Waals surface area contributed by atoms with Crippen LogP contribution in [-0.4, -0.2) is 42.8 Å². The van der Waals surface area contributed by atoms with Crippen LogP contribution in [0.2, 0.25) is 5.02 Å². The standard InChI is InChI=1S/C16H22ClF3N2O/c1-15(2,10-23)14(22-7-5-21-6-8-22)11-3-4-12(13(17)9-11)16(18,19)20/h3-4,9,14,21,23H,5-8,10H2,1-2H3/t14-/m1/s1. The molecular formula is C16H22ClF3N2O. The lowest BCUT2D eigenvalue weighted by atomic mass is 9.79. The zero-order valence-corrected chi connectivity index (χ0v) is 14.0. The normalized spacial score (nSPS) is 18.9. The Morgan fingerprint density at radius 2 is 1.87 bits per heavy atom. The predicted octanol–water partition coefficient (Wildman–Crippen LogP) is 3.32. The largest absolute Gasteiger partial charge is 0.417 e. The number of hydrogen-bond acceptors (Lipinski definition) is 3. The van der Waals surface area contributed by atoms with Crippen LogP contribution in [0.1, 0.15) is 31.0 Å². The van der Waals surface area contributed by atoms with Crippen molar-refractivity contribution in [2.45, 2.75) is 26.1 Å². The molecule has 0 unspecified atom stereocenters. The SMILES string of the molecule is CC(C)(CO)[C@@H](c1ccc(C(F)(F)F)c(Cl)c1)N1CCNCC1. The van der Waals surface area contributed by atoms with E-state index in [1.807, 2.05) is 13.8 Å². The van der Waals surface area contributed by atoms with E-state index in [9.17, 15) is 18.3 Å². The van der Waals surface area contributed by atoms with Crippen LogP contribution in [0.4, 0.5) is 13.2 Å². The van der Waals surface area contributed by atoms with Gasteiger partial charge in [0.25, 0.3) is 0 Å². The van der Waals surface area contributed by atoms with Crippen molar-refractivity contribution in [1.29, 1.82) is 0 Å². The molecule has 0 aliphatic carbocycles. The summed E-state index contributed by atoms with van der Waals surface area (Å²) in [5, 5.41) is 12.7. The quantitative estimate of drug-likeness (QED) is 0.874. The second-order valence-electron chi connectivity index (χ2n) is 6.57. The molecule has 0 saturated carbocycles. The number of nitrogens with zero attached hydrogens (tertiary/aromatic N) is 1. The number of rotatable bonds is 4. The van der Waals surface area contributed by atoms with Gasteiger partial charge in [-0.1, -0.05) is 31.5 Å². The summed E-state index contributed by atoms with van der Waals surface area (Å²) in [7, 11) is 0. The van der Waals surface area contributed by atoms with E-state index in [1.54, 1.807) is 0 Å². The van der Waals surface area contributed by atoms with E-state index < -0.39 is 17.2 Å². The van der Waals surface area contributed by atoms with E-state index in [0.29, 0.717) is 5.56 Å². The number of hydrogen-bond donors (Lipinski definition) is 2. The summed E-state index contributed by atoms with van der Waals surface area (Å²) >= 11 is 5.88. The number of nitrogens with one attached hydrogen (secondary N) is 1. The summed E-state index contributed by atoms with van der Waals surface area (Å²) in [5.74, 6) is 0. The van der Waals surface area contributed by atoms with Crippen LogP contribution in [0.3, 0.4) is 0 Å². The molecule has 7 heteroatoms. The van der Waals surface area contributed by atoms with Crippen molar-refractivity contribution in [3.63, 3.8) is 0 Å². The molecule has 1 atom stereocenters. The van der Waals surface area contributed by atoms with Crippen molar-refractivity contribution in [3.05, 3.63) is 34.3 Å². The maximum atomic E-state index is 12.9. The molecule has 0 aromatic heterocycles. The third-order valence-corrected chi connectivity index (χ3v) is 4.59. The van der Waals surface area contributed by atoms with Crippen LogP contribution in [0.5, 0.6) is 0 Å². The fourth-order valence-corrected chi connectivity index (χ4v) is 3.41. The fraction of sp³-hybridized carbons (Fsp3) is 0.625. The molecule has 0 spiro atoms. The Morgan fingerprint density at radius 1 is 1.26 bits per heavy atom. The molecule has 1 fully saturated rings. The summed E-state index contributed by atoms with van der Waals surface area (Å²) in [6.07, 6.45) is -4.47. The first-order valence-electron chi connectivity index (χ1n) is 7.59. The average Bonchev–Trinajstić information content (AvgIpc) is 2.47. The number of halogens is 4. The van der Waals surface area contributed by atoms with Gasteiger partial charge in [-0.25, -0.2) is 0 Å². The van der Waals surface area contributed by atoms with E-state index in [0.717, 1.165) is 32.2 Å². The number of piperazine rings is 1. The van der Waals surface area contributed by atoms with Crippen LogP contribution in [0.15, 0.2) is 18.2 Å². The van der Waals surface area contributed by atoms with Crippen LogP contribution in [-0.2, 0) is 6.18 Å². The van der Waals surface area contributed by atoms with Gasteiger partial charge in [0.05, 0.1) is 10.6 Å². The maximum absolute atomic E-state index is 12.9. The van der Waals surface area contributed by atoms with Gasteiger partial charge in [0.2, 0.25) is 0 Å². The fourth-order valence-electron chi connectivity index (χ4n) is 3.11. The molecule has 23 heavy (non-hydrogen) atoms. The Labute approximate surface area is 139 Å². The van der Waals surface area contributed by atoms with Gasteiger partial charge >= 0.3 is 6.18 Å². The number of benzene rings is 1. The van der Waals surface area contributed by atoms with Gasteiger partial charge in [-0.05, 0) is 17.7 Å². The van der Waals surface area contributed by atoms with E-state index >= 15 is 0 Å². The van der Waals surface area contributed by atoms with Crippen molar-refractivity contribution < 1.29 is 18.3 Å². The first kappa shape index (κ1) is 18.5. The van der Waals surface area contributed by atoms with E-state index in [-0.39, 0.29) is 17.7 Å². The minimum Gasteiger partial charge on any atom is -0.396 e. The van der Waals surface area contributed by atoms with E-state index in [1.165, 1.54) is 12.1 Å². The van der Waals surface area contributed by atoms with E-state index in [4.69, 9.17) is 11.6 Å². The van der Waals surface area contributed by atoms with Gasteiger partial charge in [0.1, 0.15) is 0 Å². The molecule has 1 aromatic rings. The minimum atomic E-state index is -4.47. The third-order valence-electron chi connectivity index (χ3n) is 4.28. The number of aliphatic hydroxyl groups is 1. The molecule has 3 nitrogen and oxygen atoms in total. The Morgan fingerprint density at radius 3 is 2.35 bits per heavy atom. The first-order valence-corrected chi connectivity index (χ1v) is 7.97. The highest BCUT2D eigenvalue weighted by molar-refractivity contribution is 6.31. The van der Waals surface area contributed by atoms with Gasteiger partial charge < -0.3 is 10.4 Å². The molecule has 0 radical (unpaired) electrons. The summed E-state index contributed by atoms with van der Waals surface area (Å²) in [6, 6.07) is 3.68. The molecule has 1 aliphatic heterocycles. The lowest BCUT2D eigenvalue weighted by molar-refractivity contribution is -0.137. The van der Waals surface area contributed by atoms with Crippen LogP contribution in [0, 0.1) is 5.41 Å². The van der Waals surface area contributed by atoms with Gasteiger partial charge in [-0.2, -0.15) is 13.2 Å². The molecule has 2 rings (SSSR count). The van der Waals surface area contributed by atoms with Crippen molar-refractivity contribution in [2.75, 3.05) is 32.8 Å². The zero-order chi connectivity index (χ0) is 17.3. The van der Waals surface area contributed by atoms with Gasteiger partial charge in [-0.15, -0.1) is 0 Å². The predicted molar refractivity (Wildman–Crippen MR) is 84.5 cm³/mol.